The van der Waals surface area contributed by atoms with Crippen molar-refractivity contribution < 1.29 is 4.79 Å². The molecule has 0 spiro atoms. The van der Waals surface area contributed by atoms with E-state index in [4.69, 9.17) is 4.98 Å². The number of fused-ring (bicyclic) bond motifs is 1. The maximum atomic E-state index is 13.1. The number of likely N-dealkylation sites (tertiary alicyclic amines) is 1. The van der Waals surface area contributed by atoms with Crippen molar-refractivity contribution in [1.82, 2.24) is 25.0 Å². The summed E-state index contributed by atoms with van der Waals surface area (Å²) in [6, 6.07) is 4.45. The van der Waals surface area contributed by atoms with Gasteiger partial charge in [-0.25, -0.2) is 0 Å². The molecule has 2 aliphatic heterocycles. The third-order valence-electron chi connectivity index (χ3n) is 6.73. The van der Waals surface area contributed by atoms with Gasteiger partial charge in [0.15, 0.2) is 5.69 Å². The van der Waals surface area contributed by atoms with Gasteiger partial charge in [-0.3, -0.25) is 14.9 Å². The van der Waals surface area contributed by atoms with E-state index < -0.39 is 0 Å². The van der Waals surface area contributed by atoms with Crippen LogP contribution < -0.4 is 4.90 Å². The van der Waals surface area contributed by atoms with Crippen LogP contribution >= 0.6 is 0 Å². The zero-order chi connectivity index (χ0) is 20.0. The largest absolute Gasteiger partial charge is 0.369 e. The number of nitrogens with one attached hydrogen (secondary N) is 1. The third kappa shape index (κ3) is 3.52. The number of anilines is 1. The Kier molecular flexibility index (Phi) is 4.78. The predicted octanol–water partition coefficient (Wildman–Crippen LogP) is 1.98. The lowest BCUT2D eigenvalue weighted by atomic mass is 10.0. The molecule has 29 heavy (non-hydrogen) atoms. The summed E-state index contributed by atoms with van der Waals surface area (Å²) in [5.74, 6) is 0.385. The van der Waals surface area contributed by atoms with Crippen molar-refractivity contribution in [3.8, 4) is 0 Å². The number of rotatable bonds is 3. The summed E-state index contributed by atoms with van der Waals surface area (Å²) in [7, 11) is 2.18. The van der Waals surface area contributed by atoms with Gasteiger partial charge in [0.25, 0.3) is 5.91 Å². The van der Waals surface area contributed by atoms with Crippen LogP contribution in [0.3, 0.4) is 0 Å². The SMILES string of the molecule is Cc1cc(N2CCN(C)CC2)cc([C@H]2CCN(C(=O)c3n[nH]c4c3CCC4)C2)n1. The molecule has 0 saturated carbocycles. The second-order valence-corrected chi connectivity index (χ2v) is 8.80. The molecule has 0 radical (unpaired) electrons. The van der Waals surface area contributed by atoms with Gasteiger partial charge in [-0.1, -0.05) is 0 Å². The first-order valence-corrected chi connectivity index (χ1v) is 10.9. The van der Waals surface area contributed by atoms with Crippen molar-refractivity contribution in [2.45, 2.75) is 38.5 Å². The zero-order valence-corrected chi connectivity index (χ0v) is 17.4. The smallest absolute Gasteiger partial charge is 0.274 e. The number of aromatic nitrogens is 3. The highest BCUT2D eigenvalue weighted by Crippen LogP contribution is 2.31. The van der Waals surface area contributed by atoms with Crippen LogP contribution in [0.1, 0.15) is 51.9 Å². The van der Waals surface area contributed by atoms with Gasteiger partial charge in [-0.15, -0.1) is 0 Å². The summed E-state index contributed by atoms with van der Waals surface area (Å²) in [5, 5.41) is 7.40. The highest BCUT2D eigenvalue weighted by atomic mass is 16.2. The summed E-state index contributed by atoms with van der Waals surface area (Å²) >= 11 is 0. The molecule has 5 rings (SSSR count). The molecular weight excluding hydrogens is 364 g/mol. The van der Waals surface area contributed by atoms with Crippen LogP contribution in [0.4, 0.5) is 5.69 Å². The average Bonchev–Trinajstić information content (AvgIpc) is 3.44. The van der Waals surface area contributed by atoms with Gasteiger partial charge in [-0.2, -0.15) is 5.10 Å². The Morgan fingerprint density at radius 1 is 1.14 bits per heavy atom. The molecule has 1 aliphatic carbocycles. The molecular formula is C22H30N6O. The van der Waals surface area contributed by atoms with E-state index in [9.17, 15) is 4.79 Å². The molecule has 3 aliphatic rings. The van der Waals surface area contributed by atoms with Gasteiger partial charge in [0.2, 0.25) is 0 Å². The maximum absolute atomic E-state index is 13.1. The Hall–Kier alpha value is -2.41. The Morgan fingerprint density at radius 2 is 1.97 bits per heavy atom. The molecule has 2 aromatic heterocycles. The van der Waals surface area contributed by atoms with Crippen LogP contribution in [-0.4, -0.2) is 77.2 Å². The van der Waals surface area contributed by atoms with Crippen molar-refractivity contribution in [1.29, 1.82) is 0 Å². The Bertz CT molecular complexity index is 914. The number of pyridine rings is 1. The number of aryl methyl sites for hydroxylation is 2. The van der Waals surface area contributed by atoms with E-state index in [-0.39, 0.29) is 5.91 Å². The standard InChI is InChI=1S/C22H30N6O/c1-15-12-17(27-10-8-26(2)9-11-27)13-20(23-15)16-6-7-28(14-16)22(29)21-18-4-3-5-19(18)24-25-21/h12-13,16H,3-11,14H2,1-2H3,(H,24,25)/t16-/m0/s1. The quantitative estimate of drug-likeness (QED) is 0.862. The minimum absolute atomic E-state index is 0.0823. The second-order valence-electron chi connectivity index (χ2n) is 8.80. The fourth-order valence-electron chi connectivity index (χ4n) is 4.96. The molecule has 154 valence electrons. The van der Waals surface area contributed by atoms with Crippen LogP contribution in [0.25, 0.3) is 0 Å². The lowest BCUT2D eigenvalue weighted by Gasteiger charge is -2.34. The maximum Gasteiger partial charge on any atom is 0.274 e. The molecule has 1 atom stereocenters. The number of H-pyrrole nitrogens is 1. The van der Waals surface area contributed by atoms with Crippen LogP contribution in [0, 0.1) is 6.92 Å². The van der Waals surface area contributed by atoms with Crippen LogP contribution in [0.5, 0.6) is 0 Å². The summed E-state index contributed by atoms with van der Waals surface area (Å²) < 4.78 is 0. The molecule has 7 nitrogen and oxygen atoms in total. The third-order valence-corrected chi connectivity index (χ3v) is 6.73. The van der Waals surface area contributed by atoms with E-state index in [1.165, 1.54) is 5.69 Å². The number of nitrogens with zero attached hydrogens (tertiary/aromatic N) is 5. The Balaban J connectivity index is 1.31. The first-order chi connectivity index (χ1) is 14.1. The summed E-state index contributed by atoms with van der Waals surface area (Å²) in [5.41, 5.74) is 6.41. The predicted molar refractivity (Wildman–Crippen MR) is 113 cm³/mol. The van der Waals surface area contributed by atoms with Gasteiger partial charge in [0.1, 0.15) is 0 Å². The number of hydrogen-bond acceptors (Lipinski definition) is 5. The van der Waals surface area contributed by atoms with E-state index in [1.54, 1.807) is 0 Å². The van der Waals surface area contributed by atoms with E-state index in [1.807, 2.05) is 4.90 Å². The number of piperazine rings is 1. The fraction of sp³-hybridized carbons (Fsp3) is 0.591. The second kappa shape index (κ2) is 7.44. The molecule has 1 amide bonds. The molecule has 0 aromatic carbocycles. The first-order valence-electron chi connectivity index (χ1n) is 10.9. The van der Waals surface area contributed by atoms with Crippen LogP contribution in [-0.2, 0) is 12.8 Å². The zero-order valence-electron chi connectivity index (χ0n) is 17.4. The van der Waals surface area contributed by atoms with Gasteiger partial charge in [-0.05, 0) is 51.8 Å². The molecule has 1 N–H and O–H groups in total. The van der Waals surface area contributed by atoms with Gasteiger partial charge in [0.05, 0.1) is 0 Å². The van der Waals surface area contributed by atoms with Crippen molar-refractivity contribution >= 4 is 11.6 Å². The fourth-order valence-corrected chi connectivity index (χ4v) is 4.96. The van der Waals surface area contributed by atoms with Crippen molar-refractivity contribution in [2.75, 3.05) is 51.2 Å². The monoisotopic (exact) mass is 394 g/mol. The minimum atomic E-state index is 0.0823. The molecule has 2 saturated heterocycles. The highest BCUT2D eigenvalue weighted by Gasteiger charge is 2.33. The topological polar surface area (TPSA) is 68.4 Å². The lowest BCUT2D eigenvalue weighted by Crippen LogP contribution is -2.44. The number of likely N-dealkylation sites (N-methyl/N-ethyl adjacent to an activating group) is 1. The highest BCUT2D eigenvalue weighted by molar-refractivity contribution is 5.94. The Labute approximate surface area is 172 Å². The van der Waals surface area contributed by atoms with E-state index >= 15 is 0 Å². The van der Waals surface area contributed by atoms with Crippen molar-refractivity contribution in [3.05, 3.63) is 40.5 Å². The number of carbonyl (C=O) groups excluding carboxylic acids is 1. The molecule has 4 heterocycles. The average molecular weight is 395 g/mol. The van der Waals surface area contributed by atoms with Gasteiger partial charge in [0, 0.05) is 73.5 Å². The lowest BCUT2D eigenvalue weighted by molar-refractivity contribution is 0.0784. The van der Waals surface area contributed by atoms with Crippen molar-refractivity contribution in [3.63, 3.8) is 0 Å². The molecule has 0 unspecified atom stereocenters. The van der Waals surface area contributed by atoms with Crippen molar-refractivity contribution in [2.24, 2.45) is 0 Å². The normalized spacial score (nSPS) is 22.3. The Morgan fingerprint density at radius 3 is 2.79 bits per heavy atom. The summed E-state index contributed by atoms with van der Waals surface area (Å²) in [6.45, 7) is 7.89. The summed E-state index contributed by atoms with van der Waals surface area (Å²) in [4.78, 5) is 24.7. The van der Waals surface area contributed by atoms with E-state index in [0.29, 0.717) is 11.6 Å². The molecule has 2 aromatic rings. The van der Waals surface area contributed by atoms with E-state index in [2.05, 4.69) is 46.1 Å². The summed E-state index contributed by atoms with van der Waals surface area (Å²) in [6.07, 6.45) is 4.07. The number of hydrogen-bond donors (Lipinski definition) is 1. The van der Waals surface area contributed by atoms with Gasteiger partial charge < -0.3 is 14.7 Å². The molecule has 0 bridgehead atoms. The van der Waals surface area contributed by atoms with E-state index in [0.717, 1.165) is 87.6 Å². The minimum Gasteiger partial charge on any atom is -0.369 e. The number of carbonyl (C=O) groups is 1. The molecule has 2 fully saturated rings. The molecule has 7 heteroatoms. The number of amides is 1. The van der Waals surface area contributed by atoms with Crippen LogP contribution in [0.15, 0.2) is 12.1 Å². The first kappa shape index (κ1) is 18.6. The number of aromatic amines is 1. The van der Waals surface area contributed by atoms with Crippen LogP contribution in [0.2, 0.25) is 0 Å². The van der Waals surface area contributed by atoms with Gasteiger partial charge >= 0.3 is 0 Å².